The molecule has 0 amide bonds. The van der Waals surface area contributed by atoms with Crippen molar-refractivity contribution in [2.75, 3.05) is 25.0 Å². The zero-order valence-electron chi connectivity index (χ0n) is 14.7. The lowest BCUT2D eigenvalue weighted by atomic mass is 10.3. The van der Waals surface area contributed by atoms with Gasteiger partial charge in [-0.15, -0.1) is 0 Å². The van der Waals surface area contributed by atoms with Crippen LogP contribution >= 0.6 is 0 Å². The lowest BCUT2D eigenvalue weighted by Gasteiger charge is -2.11. The summed E-state index contributed by atoms with van der Waals surface area (Å²) in [4.78, 5) is 8.61. The average molecular weight is 343 g/mol. The van der Waals surface area contributed by atoms with Gasteiger partial charge in [-0.25, -0.2) is 4.98 Å². The number of nitrogens with zero attached hydrogens (tertiary/aromatic N) is 3. The summed E-state index contributed by atoms with van der Waals surface area (Å²) in [6.07, 6.45) is 3.98. The first-order valence-electron chi connectivity index (χ1n) is 8.63. The number of imidazole rings is 1. The minimum atomic E-state index is 0.253. The number of aromatic nitrogens is 3. The van der Waals surface area contributed by atoms with E-state index in [1.807, 2.05) is 50.6 Å². The fourth-order valence-electron chi connectivity index (χ4n) is 2.51. The highest BCUT2D eigenvalue weighted by Crippen LogP contribution is 2.17. The van der Waals surface area contributed by atoms with Crippen molar-refractivity contribution in [1.29, 1.82) is 0 Å². The van der Waals surface area contributed by atoms with E-state index in [4.69, 9.17) is 9.15 Å². The molecule has 0 aliphatic carbocycles. The Hall–Kier alpha value is -2.38. The molecule has 3 rings (SSSR count). The van der Waals surface area contributed by atoms with Gasteiger partial charge in [0.05, 0.1) is 24.7 Å². The van der Waals surface area contributed by atoms with Gasteiger partial charge >= 0.3 is 0 Å². The van der Waals surface area contributed by atoms with E-state index < -0.39 is 0 Å². The number of anilines is 1. The molecule has 134 valence electrons. The fraction of sp³-hybridized carbons (Fsp3) is 0.444. The van der Waals surface area contributed by atoms with Crippen LogP contribution in [-0.2, 0) is 17.8 Å². The monoisotopic (exact) mass is 343 g/mol. The van der Waals surface area contributed by atoms with Crippen molar-refractivity contribution in [3.63, 3.8) is 0 Å². The molecule has 25 heavy (non-hydrogen) atoms. The summed E-state index contributed by atoms with van der Waals surface area (Å²) in [6, 6.07) is 8.29. The minimum absolute atomic E-state index is 0.253. The Labute approximate surface area is 147 Å². The van der Waals surface area contributed by atoms with Crippen LogP contribution in [-0.4, -0.2) is 40.3 Å². The van der Waals surface area contributed by atoms with E-state index in [0.29, 0.717) is 12.6 Å². The first-order chi connectivity index (χ1) is 12.2. The van der Waals surface area contributed by atoms with Crippen LogP contribution in [0.25, 0.3) is 11.1 Å². The van der Waals surface area contributed by atoms with Crippen molar-refractivity contribution >= 4 is 17.1 Å². The number of para-hydroxylation sites is 2. The Balaban J connectivity index is 1.38. The van der Waals surface area contributed by atoms with Crippen molar-refractivity contribution < 1.29 is 9.15 Å². The smallest absolute Gasteiger partial charge is 0.295 e. The number of fused-ring (bicyclic) bond motifs is 1. The van der Waals surface area contributed by atoms with E-state index in [9.17, 15) is 0 Å². The molecule has 0 aliphatic heterocycles. The maximum atomic E-state index is 5.63. The number of rotatable bonds is 10. The van der Waals surface area contributed by atoms with Crippen LogP contribution < -0.4 is 10.6 Å². The van der Waals surface area contributed by atoms with Gasteiger partial charge in [-0.05, 0) is 26.0 Å². The highest BCUT2D eigenvalue weighted by molar-refractivity contribution is 5.74. The van der Waals surface area contributed by atoms with Gasteiger partial charge < -0.3 is 24.4 Å². The summed E-state index contributed by atoms with van der Waals surface area (Å²) in [5, 5.41) is 6.59. The highest BCUT2D eigenvalue weighted by Gasteiger charge is 2.04. The summed E-state index contributed by atoms with van der Waals surface area (Å²) >= 11 is 0. The Bertz CT molecular complexity index is 747. The summed E-state index contributed by atoms with van der Waals surface area (Å²) in [7, 11) is 0. The molecule has 1 aromatic carbocycles. The zero-order chi connectivity index (χ0) is 17.5. The lowest BCUT2D eigenvalue weighted by Crippen LogP contribution is -2.23. The molecule has 7 heteroatoms. The third-order valence-electron chi connectivity index (χ3n) is 3.76. The van der Waals surface area contributed by atoms with E-state index >= 15 is 0 Å². The maximum Gasteiger partial charge on any atom is 0.295 e. The number of oxazole rings is 1. The molecule has 3 aromatic rings. The van der Waals surface area contributed by atoms with Gasteiger partial charge in [0.15, 0.2) is 5.58 Å². The summed E-state index contributed by atoms with van der Waals surface area (Å²) in [6.45, 7) is 7.89. The molecular formula is C18H25N5O2. The van der Waals surface area contributed by atoms with E-state index in [1.54, 1.807) is 0 Å². The van der Waals surface area contributed by atoms with Crippen molar-refractivity contribution in [2.45, 2.75) is 33.0 Å². The predicted octanol–water partition coefficient (Wildman–Crippen LogP) is 2.65. The highest BCUT2D eigenvalue weighted by atomic mass is 16.5. The van der Waals surface area contributed by atoms with Crippen LogP contribution in [0, 0.1) is 0 Å². The van der Waals surface area contributed by atoms with Crippen LogP contribution in [0.4, 0.5) is 6.01 Å². The molecule has 0 fully saturated rings. The summed E-state index contributed by atoms with van der Waals surface area (Å²) in [5.74, 6) is 0. The SMILES string of the molecule is CC(C)OCCn1cncc1CNCCNc1nc2ccccc2o1. The van der Waals surface area contributed by atoms with E-state index in [2.05, 4.69) is 25.2 Å². The van der Waals surface area contributed by atoms with E-state index in [1.165, 1.54) is 0 Å². The molecule has 0 atom stereocenters. The van der Waals surface area contributed by atoms with E-state index in [-0.39, 0.29) is 6.10 Å². The molecule has 2 heterocycles. The number of nitrogens with one attached hydrogen (secondary N) is 2. The van der Waals surface area contributed by atoms with Crippen LogP contribution in [0.1, 0.15) is 19.5 Å². The van der Waals surface area contributed by atoms with Gasteiger partial charge in [-0.2, -0.15) is 4.98 Å². The second-order valence-corrected chi connectivity index (χ2v) is 6.09. The summed E-state index contributed by atoms with van der Waals surface area (Å²) in [5.41, 5.74) is 2.81. The largest absolute Gasteiger partial charge is 0.424 e. The number of hydrogen-bond donors (Lipinski definition) is 2. The number of benzene rings is 1. The normalized spacial score (nSPS) is 11.5. The molecule has 0 saturated heterocycles. The number of ether oxygens (including phenoxy) is 1. The minimum Gasteiger partial charge on any atom is -0.424 e. The maximum absolute atomic E-state index is 5.63. The van der Waals surface area contributed by atoms with Crippen LogP contribution in [0.15, 0.2) is 41.2 Å². The molecule has 0 saturated carbocycles. The van der Waals surface area contributed by atoms with Crippen LogP contribution in [0.2, 0.25) is 0 Å². The van der Waals surface area contributed by atoms with Gasteiger partial charge in [-0.3, -0.25) is 0 Å². The Morgan fingerprint density at radius 3 is 2.96 bits per heavy atom. The molecule has 2 N–H and O–H groups in total. The Morgan fingerprint density at radius 2 is 2.12 bits per heavy atom. The fourth-order valence-corrected chi connectivity index (χ4v) is 2.51. The first kappa shape index (κ1) is 17.4. The predicted molar refractivity (Wildman–Crippen MR) is 97.5 cm³/mol. The first-order valence-corrected chi connectivity index (χ1v) is 8.63. The molecule has 0 bridgehead atoms. The molecule has 7 nitrogen and oxygen atoms in total. The molecular weight excluding hydrogens is 318 g/mol. The zero-order valence-corrected chi connectivity index (χ0v) is 14.7. The lowest BCUT2D eigenvalue weighted by molar-refractivity contribution is 0.0723. The topological polar surface area (TPSA) is 77.1 Å². The Kier molecular flexibility index (Phi) is 6.03. The molecule has 0 spiro atoms. The third kappa shape index (κ3) is 5.04. The molecule has 0 radical (unpaired) electrons. The number of hydrogen-bond acceptors (Lipinski definition) is 6. The third-order valence-corrected chi connectivity index (χ3v) is 3.76. The van der Waals surface area contributed by atoms with Gasteiger partial charge in [0.2, 0.25) is 0 Å². The van der Waals surface area contributed by atoms with Gasteiger partial charge in [-0.1, -0.05) is 12.1 Å². The van der Waals surface area contributed by atoms with E-state index in [0.717, 1.165) is 43.0 Å². The van der Waals surface area contributed by atoms with Gasteiger partial charge in [0, 0.05) is 32.4 Å². The van der Waals surface area contributed by atoms with Crippen LogP contribution in [0.5, 0.6) is 0 Å². The van der Waals surface area contributed by atoms with Crippen molar-refractivity contribution in [3.05, 3.63) is 42.5 Å². The standard InChI is InChI=1S/C18H25N5O2/c1-14(2)24-10-9-23-13-20-12-15(23)11-19-7-8-21-18-22-16-5-3-4-6-17(16)25-18/h3-6,12-14,19H,7-11H2,1-2H3,(H,21,22). The summed E-state index contributed by atoms with van der Waals surface area (Å²) < 4.78 is 13.3. The average Bonchev–Trinajstić information content (AvgIpc) is 3.20. The Morgan fingerprint density at radius 1 is 1.24 bits per heavy atom. The molecule has 0 aliphatic rings. The molecule has 0 unspecified atom stereocenters. The molecule has 2 aromatic heterocycles. The van der Waals surface area contributed by atoms with Gasteiger partial charge in [0.1, 0.15) is 5.52 Å². The second kappa shape index (κ2) is 8.64. The van der Waals surface area contributed by atoms with Crippen molar-refractivity contribution in [1.82, 2.24) is 19.9 Å². The second-order valence-electron chi connectivity index (χ2n) is 6.09. The quantitative estimate of drug-likeness (QED) is 0.551. The van der Waals surface area contributed by atoms with Crippen LogP contribution in [0.3, 0.4) is 0 Å². The van der Waals surface area contributed by atoms with Crippen molar-refractivity contribution in [3.8, 4) is 0 Å². The van der Waals surface area contributed by atoms with Crippen molar-refractivity contribution in [2.24, 2.45) is 0 Å². The van der Waals surface area contributed by atoms with Gasteiger partial charge in [0.25, 0.3) is 6.01 Å².